The molecule has 1 aromatic carbocycles. The summed E-state index contributed by atoms with van der Waals surface area (Å²) in [5.74, 6) is 0.758. The monoisotopic (exact) mass is 322 g/mol. The molecule has 0 saturated heterocycles. The Morgan fingerprint density at radius 1 is 1.21 bits per heavy atom. The minimum absolute atomic E-state index is 0.117. The van der Waals surface area contributed by atoms with Crippen LogP contribution in [0.25, 0.3) is 0 Å². The highest BCUT2D eigenvalue weighted by atomic mass is 79.9. The summed E-state index contributed by atoms with van der Waals surface area (Å²) < 4.78 is 6.24. The lowest BCUT2D eigenvalue weighted by molar-refractivity contribution is 0.102. The van der Waals surface area contributed by atoms with Gasteiger partial charge in [-0.05, 0) is 49.5 Å². The van der Waals surface area contributed by atoms with Gasteiger partial charge in [-0.25, -0.2) is 0 Å². The zero-order chi connectivity index (χ0) is 13.7. The first-order chi connectivity index (χ1) is 9.22. The second-order valence-electron chi connectivity index (χ2n) is 4.86. The zero-order valence-corrected chi connectivity index (χ0v) is 12.8. The van der Waals surface area contributed by atoms with Crippen molar-refractivity contribution < 1.29 is 9.53 Å². The molecule has 0 aromatic heterocycles. The Kier molecular flexibility index (Phi) is 5.20. The highest BCUT2D eigenvalue weighted by Crippen LogP contribution is 2.28. The number of ether oxygens (including phenoxy) is 1. The van der Waals surface area contributed by atoms with Gasteiger partial charge in [0.1, 0.15) is 5.75 Å². The average molecular weight is 323 g/mol. The predicted octanol–water partition coefficient (Wildman–Crippen LogP) is 4.92. The molecule has 0 radical (unpaired) electrons. The maximum Gasteiger partial charge on any atom is 0.192 e. The van der Waals surface area contributed by atoms with E-state index in [1.165, 1.54) is 19.3 Å². The second-order valence-corrected chi connectivity index (χ2v) is 5.77. The van der Waals surface area contributed by atoms with Gasteiger partial charge in [-0.1, -0.05) is 34.8 Å². The van der Waals surface area contributed by atoms with Gasteiger partial charge in [-0.2, -0.15) is 0 Å². The fourth-order valence-corrected chi connectivity index (χ4v) is 2.76. The molecule has 102 valence electrons. The Morgan fingerprint density at radius 2 is 2.00 bits per heavy atom. The molecule has 19 heavy (non-hydrogen) atoms. The van der Waals surface area contributed by atoms with Crippen molar-refractivity contribution in [2.75, 3.05) is 7.11 Å². The van der Waals surface area contributed by atoms with Gasteiger partial charge >= 0.3 is 0 Å². The SMILES string of the molecule is COc1cc(Br)ccc1C(=O)/C1=C/CCCCCC1. The normalized spacial score (nSPS) is 18.9. The van der Waals surface area contributed by atoms with Gasteiger partial charge in [-0.3, -0.25) is 4.79 Å². The summed E-state index contributed by atoms with van der Waals surface area (Å²) in [6, 6.07) is 5.57. The Balaban J connectivity index is 2.27. The molecule has 2 nitrogen and oxygen atoms in total. The van der Waals surface area contributed by atoms with E-state index in [9.17, 15) is 4.79 Å². The highest BCUT2D eigenvalue weighted by Gasteiger charge is 2.17. The van der Waals surface area contributed by atoms with Crippen LogP contribution in [0.3, 0.4) is 0 Å². The molecule has 1 aliphatic carbocycles. The van der Waals surface area contributed by atoms with E-state index >= 15 is 0 Å². The van der Waals surface area contributed by atoms with Crippen LogP contribution in [-0.4, -0.2) is 12.9 Å². The van der Waals surface area contributed by atoms with Crippen molar-refractivity contribution in [2.45, 2.75) is 38.5 Å². The van der Waals surface area contributed by atoms with E-state index in [-0.39, 0.29) is 5.78 Å². The van der Waals surface area contributed by atoms with E-state index in [0.29, 0.717) is 11.3 Å². The quantitative estimate of drug-likeness (QED) is 0.738. The van der Waals surface area contributed by atoms with Crippen LogP contribution in [0.15, 0.2) is 34.3 Å². The Bertz CT molecular complexity index is 492. The number of ketones is 1. The maximum absolute atomic E-state index is 12.6. The lowest BCUT2D eigenvalue weighted by Crippen LogP contribution is -2.07. The van der Waals surface area contributed by atoms with E-state index in [2.05, 4.69) is 22.0 Å². The lowest BCUT2D eigenvalue weighted by atomic mass is 9.94. The van der Waals surface area contributed by atoms with Crippen LogP contribution in [-0.2, 0) is 0 Å². The maximum atomic E-state index is 12.6. The number of hydrogen-bond acceptors (Lipinski definition) is 2. The molecule has 0 amide bonds. The van der Waals surface area contributed by atoms with E-state index < -0.39 is 0 Å². The van der Waals surface area contributed by atoms with Crippen LogP contribution < -0.4 is 4.74 Å². The Hall–Kier alpha value is -1.09. The molecule has 0 spiro atoms. The van der Waals surface area contributed by atoms with Gasteiger partial charge < -0.3 is 4.74 Å². The molecule has 0 unspecified atom stereocenters. The fourth-order valence-electron chi connectivity index (χ4n) is 2.42. The predicted molar refractivity (Wildman–Crippen MR) is 80.8 cm³/mol. The molecule has 0 heterocycles. The number of hydrogen-bond donors (Lipinski definition) is 0. The minimum atomic E-state index is 0.117. The molecule has 0 fully saturated rings. The molecule has 1 aromatic rings. The summed E-state index contributed by atoms with van der Waals surface area (Å²) in [7, 11) is 1.60. The summed E-state index contributed by atoms with van der Waals surface area (Å²) in [6.07, 6.45) is 8.81. The zero-order valence-electron chi connectivity index (χ0n) is 11.2. The van der Waals surface area contributed by atoms with Gasteiger partial charge in [-0.15, -0.1) is 0 Å². The largest absolute Gasteiger partial charge is 0.496 e. The van der Waals surface area contributed by atoms with E-state index in [0.717, 1.165) is 29.3 Å². The first kappa shape index (κ1) is 14.3. The van der Waals surface area contributed by atoms with Gasteiger partial charge in [0.15, 0.2) is 5.78 Å². The highest BCUT2D eigenvalue weighted by molar-refractivity contribution is 9.10. The van der Waals surface area contributed by atoms with E-state index in [1.54, 1.807) is 7.11 Å². The second kappa shape index (κ2) is 6.90. The van der Waals surface area contributed by atoms with Crippen molar-refractivity contribution in [2.24, 2.45) is 0 Å². The van der Waals surface area contributed by atoms with E-state index in [4.69, 9.17) is 4.74 Å². The smallest absolute Gasteiger partial charge is 0.192 e. The number of halogens is 1. The molecule has 0 aliphatic heterocycles. The molecule has 0 saturated carbocycles. The summed E-state index contributed by atoms with van der Waals surface area (Å²) in [5.41, 5.74) is 1.61. The molecular weight excluding hydrogens is 304 g/mol. The molecule has 3 heteroatoms. The van der Waals surface area contributed by atoms with E-state index in [1.807, 2.05) is 18.2 Å². The van der Waals surface area contributed by atoms with Crippen molar-refractivity contribution in [1.29, 1.82) is 0 Å². The van der Waals surface area contributed by atoms with Crippen LogP contribution in [0.5, 0.6) is 5.75 Å². The summed E-state index contributed by atoms with van der Waals surface area (Å²) >= 11 is 3.40. The van der Waals surface area contributed by atoms with Crippen LogP contribution in [0.1, 0.15) is 48.9 Å². The van der Waals surface area contributed by atoms with Gasteiger partial charge in [0.2, 0.25) is 0 Å². The van der Waals surface area contributed by atoms with Crippen molar-refractivity contribution in [1.82, 2.24) is 0 Å². The van der Waals surface area contributed by atoms with Gasteiger partial charge in [0.05, 0.1) is 12.7 Å². The average Bonchev–Trinajstić information content (AvgIpc) is 2.37. The third kappa shape index (κ3) is 3.69. The number of Topliss-reactive ketones (excluding diaryl/α,β-unsaturated/α-hetero) is 1. The number of carbonyl (C=O) groups is 1. The summed E-state index contributed by atoms with van der Waals surface area (Å²) in [6.45, 7) is 0. The number of rotatable bonds is 3. The fraction of sp³-hybridized carbons (Fsp3) is 0.438. The van der Waals surface area contributed by atoms with Gasteiger partial charge in [0, 0.05) is 4.47 Å². The standard InChI is InChI=1S/C16H19BrO2/c1-19-15-11-13(17)9-10-14(15)16(18)12-7-5-3-2-4-6-8-12/h7,9-11H,2-6,8H2,1H3/b12-7+. The number of methoxy groups -OCH3 is 1. The lowest BCUT2D eigenvalue weighted by Gasteiger charge is -2.13. The minimum Gasteiger partial charge on any atom is -0.496 e. The van der Waals surface area contributed by atoms with Crippen molar-refractivity contribution >= 4 is 21.7 Å². The van der Waals surface area contributed by atoms with Gasteiger partial charge in [0.25, 0.3) is 0 Å². The van der Waals surface area contributed by atoms with Crippen LogP contribution >= 0.6 is 15.9 Å². The molecule has 1 aliphatic rings. The summed E-state index contributed by atoms with van der Waals surface area (Å²) in [5, 5.41) is 0. The number of carbonyl (C=O) groups excluding carboxylic acids is 1. The molecule has 2 rings (SSSR count). The van der Waals surface area contributed by atoms with Crippen LogP contribution in [0.4, 0.5) is 0 Å². The van der Waals surface area contributed by atoms with Crippen molar-refractivity contribution in [3.05, 3.63) is 39.9 Å². The molecule has 0 N–H and O–H groups in total. The summed E-state index contributed by atoms with van der Waals surface area (Å²) in [4.78, 5) is 12.6. The first-order valence-corrected chi connectivity index (χ1v) is 7.59. The molecule has 0 atom stereocenters. The molecular formula is C16H19BrO2. The molecule has 0 bridgehead atoms. The van der Waals surface area contributed by atoms with Crippen molar-refractivity contribution in [3.63, 3.8) is 0 Å². The number of allylic oxidation sites excluding steroid dienone is 2. The third-order valence-corrected chi connectivity index (χ3v) is 3.98. The van der Waals surface area contributed by atoms with Crippen LogP contribution in [0.2, 0.25) is 0 Å². The third-order valence-electron chi connectivity index (χ3n) is 3.49. The Morgan fingerprint density at radius 3 is 2.79 bits per heavy atom. The topological polar surface area (TPSA) is 26.3 Å². The number of benzene rings is 1. The first-order valence-electron chi connectivity index (χ1n) is 6.79. The van der Waals surface area contributed by atoms with Crippen LogP contribution in [0, 0.1) is 0 Å². The Labute approximate surface area is 123 Å². The van der Waals surface area contributed by atoms with Crippen molar-refractivity contribution in [3.8, 4) is 5.75 Å².